The van der Waals surface area contributed by atoms with E-state index in [9.17, 15) is 4.79 Å². The van der Waals surface area contributed by atoms with E-state index in [1.165, 1.54) is 0 Å². The second-order valence-electron chi connectivity index (χ2n) is 5.39. The fourth-order valence-electron chi connectivity index (χ4n) is 2.54. The molecule has 0 saturated carbocycles. The van der Waals surface area contributed by atoms with Crippen LogP contribution in [-0.2, 0) is 6.54 Å². The van der Waals surface area contributed by atoms with E-state index in [0.29, 0.717) is 12.1 Å². The Morgan fingerprint density at radius 3 is 2.68 bits per heavy atom. The minimum atomic E-state index is -0.0714. The number of para-hydroxylation sites is 1. The van der Waals surface area contributed by atoms with Crippen LogP contribution in [0.25, 0.3) is 0 Å². The van der Waals surface area contributed by atoms with Crippen LogP contribution < -0.4 is 15.4 Å². The molecule has 1 fully saturated rings. The predicted octanol–water partition coefficient (Wildman–Crippen LogP) is 2.36. The van der Waals surface area contributed by atoms with Crippen LogP contribution in [0.5, 0.6) is 5.75 Å². The molecule has 1 heterocycles. The minimum Gasteiger partial charge on any atom is -0.489 e. The largest absolute Gasteiger partial charge is 0.489 e. The minimum absolute atomic E-state index is 0.0714. The Balaban J connectivity index is 1.63. The first-order valence-electron chi connectivity index (χ1n) is 7.61. The molecule has 0 bridgehead atoms. The molecule has 1 saturated heterocycles. The summed E-state index contributed by atoms with van der Waals surface area (Å²) in [6, 6.07) is 17.1. The number of hydrogen-bond donors (Lipinski definition) is 2. The van der Waals surface area contributed by atoms with E-state index in [1.54, 1.807) is 0 Å². The van der Waals surface area contributed by atoms with Gasteiger partial charge in [-0.25, -0.2) is 0 Å². The van der Waals surface area contributed by atoms with Gasteiger partial charge in [0.15, 0.2) is 0 Å². The van der Waals surface area contributed by atoms with E-state index in [0.717, 1.165) is 30.8 Å². The molecule has 0 aliphatic carbocycles. The normalized spacial score (nSPS) is 17.2. The third-order valence-corrected chi connectivity index (χ3v) is 3.76. The highest BCUT2D eigenvalue weighted by Crippen LogP contribution is 2.21. The summed E-state index contributed by atoms with van der Waals surface area (Å²) in [4.78, 5) is 12.1. The average molecular weight is 296 g/mol. The van der Waals surface area contributed by atoms with E-state index in [4.69, 9.17) is 4.74 Å². The van der Waals surface area contributed by atoms with Crippen LogP contribution in [0.3, 0.4) is 0 Å². The Bertz CT molecular complexity index is 622. The molecule has 3 rings (SSSR count). The summed E-state index contributed by atoms with van der Waals surface area (Å²) in [6.45, 7) is 2.34. The van der Waals surface area contributed by atoms with Gasteiger partial charge in [-0.15, -0.1) is 0 Å². The number of benzene rings is 2. The molecule has 1 atom stereocenters. The highest BCUT2D eigenvalue weighted by Gasteiger charge is 2.17. The molecule has 114 valence electrons. The van der Waals surface area contributed by atoms with Crippen molar-refractivity contribution >= 4 is 5.91 Å². The van der Waals surface area contributed by atoms with Crippen molar-refractivity contribution in [2.45, 2.75) is 19.1 Å². The summed E-state index contributed by atoms with van der Waals surface area (Å²) in [7, 11) is 0. The molecule has 2 aromatic rings. The number of amides is 1. The lowest BCUT2D eigenvalue weighted by molar-refractivity contribution is 0.0950. The number of ether oxygens (including phenoxy) is 1. The molecule has 22 heavy (non-hydrogen) atoms. The van der Waals surface area contributed by atoms with Gasteiger partial charge in [-0.3, -0.25) is 4.79 Å². The van der Waals surface area contributed by atoms with Crippen LogP contribution in [0.2, 0.25) is 0 Å². The molecule has 1 aliphatic heterocycles. The Morgan fingerprint density at radius 1 is 1.14 bits per heavy atom. The molecule has 2 aromatic carbocycles. The first kappa shape index (κ1) is 14.6. The van der Waals surface area contributed by atoms with Gasteiger partial charge in [-0.05, 0) is 31.2 Å². The Kier molecular flexibility index (Phi) is 4.71. The highest BCUT2D eigenvalue weighted by molar-refractivity contribution is 5.94. The molecular weight excluding hydrogens is 276 g/mol. The first-order valence-corrected chi connectivity index (χ1v) is 7.61. The van der Waals surface area contributed by atoms with E-state index in [2.05, 4.69) is 10.6 Å². The van der Waals surface area contributed by atoms with E-state index < -0.39 is 0 Å². The van der Waals surface area contributed by atoms with Gasteiger partial charge in [-0.1, -0.05) is 36.4 Å². The van der Waals surface area contributed by atoms with Crippen LogP contribution >= 0.6 is 0 Å². The van der Waals surface area contributed by atoms with Crippen molar-refractivity contribution in [3.8, 4) is 5.75 Å². The monoisotopic (exact) mass is 296 g/mol. The zero-order valence-electron chi connectivity index (χ0n) is 12.4. The van der Waals surface area contributed by atoms with E-state index >= 15 is 0 Å². The van der Waals surface area contributed by atoms with Gasteiger partial charge in [0.05, 0.1) is 0 Å². The molecule has 4 nitrogen and oxygen atoms in total. The maximum Gasteiger partial charge on any atom is 0.251 e. The second kappa shape index (κ2) is 7.09. The summed E-state index contributed by atoms with van der Waals surface area (Å²) >= 11 is 0. The van der Waals surface area contributed by atoms with Crippen LogP contribution in [0.4, 0.5) is 0 Å². The first-order chi connectivity index (χ1) is 10.8. The lowest BCUT2D eigenvalue weighted by Crippen LogP contribution is -2.24. The van der Waals surface area contributed by atoms with Crippen molar-refractivity contribution in [2.75, 3.05) is 13.1 Å². The maximum absolute atomic E-state index is 12.1. The van der Waals surface area contributed by atoms with Gasteiger partial charge in [0.1, 0.15) is 11.9 Å². The van der Waals surface area contributed by atoms with Crippen LogP contribution in [-0.4, -0.2) is 25.1 Å². The van der Waals surface area contributed by atoms with Crippen molar-refractivity contribution in [2.24, 2.45) is 0 Å². The summed E-state index contributed by atoms with van der Waals surface area (Å²) in [5, 5.41) is 6.24. The molecule has 1 amide bonds. The van der Waals surface area contributed by atoms with Gasteiger partial charge >= 0.3 is 0 Å². The van der Waals surface area contributed by atoms with Crippen molar-refractivity contribution < 1.29 is 9.53 Å². The van der Waals surface area contributed by atoms with Crippen molar-refractivity contribution in [1.82, 2.24) is 10.6 Å². The molecule has 4 heteroatoms. The van der Waals surface area contributed by atoms with E-state index in [1.807, 2.05) is 54.6 Å². The number of nitrogens with one attached hydrogen (secondary N) is 2. The fraction of sp³-hybridized carbons (Fsp3) is 0.278. The topological polar surface area (TPSA) is 50.4 Å². The average Bonchev–Trinajstić information content (AvgIpc) is 3.07. The zero-order valence-corrected chi connectivity index (χ0v) is 12.4. The third-order valence-electron chi connectivity index (χ3n) is 3.76. The standard InChI is InChI=1S/C18H20N2O2/c21-18(14-6-2-1-3-7-14)20-12-15-8-4-5-9-17(15)22-16-10-11-19-13-16/h1-9,16,19H,10-13H2,(H,20,21). The molecule has 1 aliphatic rings. The number of rotatable bonds is 5. The van der Waals surface area contributed by atoms with Crippen LogP contribution in [0.1, 0.15) is 22.3 Å². The molecule has 2 N–H and O–H groups in total. The number of carbonyl (C=O) groups is 1. The molecule has 0 spiro atoms. The van der Waals surface area contributed by atoms with E-state index in [-0.39, 0.29) is 12.0 Å². The number of carbonyl (C=O) groups excluding carboxylic acids is 1. The third kappa shape index (κ3) is 3.65. The quantitative estimate of drug-likeness (QED) is 0.890. The summed E-state index contributed by atoms with van der Waals surface area (Å²) in [6.07, 6.45) is 1.23. The van der Waals surface area contributed by atoms with Gasteiger partial charge in [0.25, 0.3) is 5.91 Å². The molecule has 0 radical (unpaired) electrons. The predicted molar refractivity (Wildman–Crippen MR) is 86.0 cm³/mol. The van der Waals surface area contributed by atoms with Gasteiger partial charge in [0.2, 0.25) is 0 Å². The lowest BCUT2D eigenvalue weighted by atomic mass is 10.1. The Hall–Kier alpha value is -2.33. The highest BCUT2D eigenvalue weighted by atomic mass is 16.5. The fourth-order valence-corrected chi connectivity index (χ4v) is 2.54. The van der Waals surface area contributed by atoms with Crippen LogP contribution in [0.15, 0.2) is 54.6 Å². The summed E-state index contributed by atoms with van der Waals surface area (Å²) in [5.41, 5.74) is 1.67. The zero-order chi connectivity index (χ0) is 15.2. The molecule has 1 unspecified atom stereocenters. The van der Waals surface area contributed by atoms with Crippen molar-refractivity contribution in [1.29, 1.82) is 0 Å². The smallest absolute Gasteiger partial charge is 0.251 e. The second-order valence-corrected chi connectivity index (χ2v) is 5.39. The van der Waals surface area contributed by atoms with Crippen LogP contribution in [0, 0.1) is 0 Å². The number of hydrogen-bond acceptors (Lipinski definition) is 3. The van der Waals surface area contributed by atoms with Gasteiger partial charge < -0.3 is 15.4 Å². The van der Waals surface area contributed by atoms with Gasteiger partial charge in [-0.2, -0.15) is 0 Å². The SMILES string of the molecule is O=C(NCc1ccccc1OC1CCNC1)c1ccccc1. The van der Waals surface area contributed by atoms with Crippen molar-refractivity contribution in [3.63, 3.8) is 0 Å². The maximum atomic E-state index is 12.1. The summed E-state index contributed by atoms with van der Waals surface area (Å²) in [5.74, 6) is 0.780. The summed E-state index contributed by atoms with van der Waals surface area (Å²) < 4.78 is 6.03. The Labute approximate surface area is 130 Å². The lowest BCUT2D eigenvalue weighted by Gasteiger charge is -2.16. The molecule has 0 aromatic heterocycles. The van der Waals surface area contributed by atoms with Gasteiger partial charge in [0, 0.05) is 24.2 Å². The Morgan fingerprint density at radius 2 is 1.91 bits per heavy atom. The van der Waals surface area contributed by atoms with Crippen molar-refractivity contribution in [3.05, 3.63) is 65.7 Å². The molecular formula is C18H20N2O2.